The van der Waals surface area contributed by atoms with E-state index in [9.17, 15) is 0 Å². The van der Waals surface area contributed by atoms with E-state index < -0.39 is 0 Å². The van der Waals surface area contributed by atoms with Gasteiger partial charge < -0.3 is 5.73 Å². The summed E-state index contributed by atoms with van der Waals surface area (Å²) in [5, 5.41) is 0. The summed E-state index contributed by atoms with van der Waals surface area (Å²) >= 11 is 0. The third-order valence-corrected chi connectivity index (χ3v) is 5.12. The highest BCUT2D eigenvalue weighted by Crippen LogP contribution is 2.29. The number of hydrogen-bond donors (Lipinski definition) is 1. The third kappa shape index (κ3) is 5.43. The second kappa shape index (κ2) is 8.97. The largest absolute Gasteiger partial charge is 0.329 e. The second-order valence-corrected chi connectivity index (χ2v) is 6.73. The van der Waals surface area contributed by atoms with Crippen LogP contribution in [0.4, 0.5) is 0 Å². The Bertz CT molecular complexity index is 229. The standard InChI is InChI=1S/C17H36N2/c1-4-6-7-8-9-12-17(3,15-18)19-13-10-11-16(5-2)14-19/h16H,4-15,18H2,1-3H3. The predicted molar refractivity (Wildman–Crippen MR) is 85.4 cm³/mol. The fraction of sp³-hybridized carbons (Fsp3) is 1.00. The molecule has 0 aromatic rings. The molecule has 1 aliphatic heterocycles. The summed E-state index contributed by atoms with van der Waals surface area (Å²) < 4.78 is 0. The van der Waals surface area contributed by atoms with Crippen LogP contribution >= 0.6 is 0 Å². The average Bonchev–Trinajstić information content (AvgIpc) is 2.47. The fourth-order valence-corrected chi connectivity index (χ4v) is 3.39. The molecular weight excluding hydrogens is 232 g/mol. The number of piperidine rings is 1. The van der Waals surface area contributed by atoms with Gasteiger partial charge in [-0.2, -0.15) is 0 Å². The Morgan fingerprint density at radius 2 is 1.89 bits per heavy atom. The molecule has 0 spiro atoms. The summed E-state index contributed by atoms with van der Waals surface area (Å²) in [6, 6.07) is 0. The highest BCUT2D eigenvalue weighted by atomic mass is 15.2. The van der Waals surface area contributed by atoms with Crippen LogP contribution in [0.1, 0.15) is 78.6 Å². The molecule has 2 heteroatoms. The van der Waals surface area contributed by atoms with Gasteiger partial charge in [-0.1, -0.05) is 52.4 Å². The number of unbranched alkanes of at least 4 members (excludes halogenated alkanes) is 4. The fourth-order valence-electron chi connectivity index (χ4n) is 3.39. The smallest absolute Gasteiger partial charge is 0.0303 e. The zero-order chi connectivity index (χ0) is 14.1. The molecular formula is C17H36N2. The predicted octanol–water partition coefficient (Wildman–Crippen LogP) is 4.19. The van der Waals surface area contributed by atoms with Gasteiger partial charge in [0.05, 0.1) is 0 Å². The first-order chi connectivity index (χ1) is 9.16. The number of nitrogens with zero attached hydrogens (tertiary/aromatic N) is 1. The van der Waals surface area contributed by atoms with Gasteiger partial charge in [0.25, 0.3) is 0 Å². The van der Waals surface area contributed by atoms with E-state index in [4.69, 9.17) is 5.73 Å². The van der Waals surface area contributed by atoms with Gasteiger partial charge in [0.1, 0.15) is 0 Å². The van der Waals surface area contributed by atoms with Gasteiger partial charge in [0.2, 0.25) is 0 Å². The Labute approximate surface area is 121 Å². The molecule has 2 atom stereocenters. The van der Waals surface area contributed by atoms with E-state index >= 15 is 0 Å². The Hall–Kier alpha value is -0.0800. The topological polar surface area (TPSA) is 29.3 Å². The van der Waals surface area contributed by atoms with Crippen LogP contribution in [0.25, 0.3) is 0 Å². The van der Waals surface area contributed by atoms with E-state index in [1.54, 1.807) is 0 Å². The zero-order valence-electron chi connectivity index (χ0n) is 13.6. The molecule has 1 fully saturated rings. The van der Waals surface area contributed by atoms with Gasteiger partial charge in [-0.3, -0.25) is 4.90 Å². The Morgan fingerprint density at radius 1 is 1.16 bits per heavy atom. The van der Waals surface area contributed by atoms with Crippen molar-refractivity contribution in [2.45, 2.75) is 84.1 Å². The summed E-state index contributed by atoms with van der Waals surface area (Å²) in [7, 11) is 0. The molecule has 0 saturated carbocycles. The van der Waals surface area contributed by atoms with E-state index in [-0.39, 0.29) is 5.54 Å². The van der Waals surface area contributed by atoms with Crippen LogP contribution in [0.5, 0.6) is 0 Å². The second-order valence-electron chi connectivity index (χ2n) is 6.73. The lowest BCUT2D eigenvalue weighted by atomic mass is 9.86. The minimum Gasteiger partial charge on any atom is -0.329 e. The lowest BCUT2D eigenvalue weighted by Crippen LogP contribution is -2.55. The molecule has 0 aromatic heterocycles. The van der Waals surface area contributed by atoms with E-state index in [1.807, 2.05) is 0 Å². The first-order valence-electron chi connectivity index (χ1n) is 8.61. The molecule has 2 N–H and O–H groups in total. The highest BCUT2D eigenvalue weighted by Gasteiger charge is 2.33. The molecule has 0 amide bonds. The number of nitrogens with two attached hydrogens (primary N) is 1. The van der Waals surface area contributed by atoms with Gasteiger partial charge in [-0.05, 0) is 38.6 Å². The summed E-state index contributed by atoms with van der Waals surface area (Å²) in [5.41, 5.74) is 6.37. The monoisotopic (exact) mass is 268 g/mol. The SMILES string of the molecule is CCCCCCCC(C)(CN)N1CCCC(CC)C1. The van der Waals surface area contributed by atoms with Crippen molar-refractivity contribution < 1.29 is 0 Å². The van der Waals surface area contributed by atoms with Gasteiger partial charge >= 0.3 is 0 Å². The van der Waals surface area contributed by atoms with Crippen molar-refractivity contribution in [2.75, 3.05) is 19.6 Å². The summed E-state index contributed by atoms with van der Waals surface area (Å²) in [6.45, 7) is 10.4. The number of likely N-dealkylation sites (tertiary alicyclic amines) is 1. The van der Waals surface area contributed by atoms with Crippen LogP contribution < -0.4 is 5.73 Å². The molecule has 114 valence electrons. The van der Waals surface area contributed by atoms with Crippen molar-refractivity contribution >= 4 is 0 Å². The minimum atomic E-state index is 0.250. The van der Waals surface area contributed by atoms with Crippen molar-refractivity contribution in [3.05, 3.63) is 0 Å². The molecule has 1 heterocycles. The first kappa shape index (κ1) is 17.0. The molecule has 2 unspecified atom stereocenters. The molecule has 1 rings (SSSR count). The quantitative estimate of drug-likeness (QED) is 0.635. The highest BCUT2D eigenvalue weighted by molar-refractivity contribution is 4.90. The van der Waals surface area contributed by atoms with Gasteiger partial charge in [-0.25, -0.2) is 0 Å². The Kier molecular flexibility index (Phi) is 8.01. The van der Waals surface area contributed by atoms with E-state index in [1.165, 1.54) is 70.9 Å². The summed E-state index contributed by atoms with van der Waals surface area (Å²) in [4.78, 5) is 2.70. The summed E-state index contributed by atoms with van der Waals surface area (Å²) in [5.74, 6) is 0.903. The average molecular weight is 268 g/mol. The lowest BCUT2D eigenvalue weighted by molar-refractivity contribution is 0.0506. The summed E-state index contributed by atoms with van der Waals surface area (Å²) in [6.07, 6.45) is 12.2. The van der Waals surface area contributed by atoms with Gasteiger partial charge in [-0.15, -0.1) is 0 Å². The van der Waals surface area contributed by atoms with Crippen molar-refractivity contribution in [2.24, 2.45) is 11.7 Å². The molecule has 1 aliphatic rings. The molecule has 2 nitrogen and oxygen atoms in total. The Morgan fingerprint density at radius 3 is 2.53 bits per heavy atom. The van der Waals surface area contributed by atoms with Crippen LogP contribution in [0.15, 0.2) is 0 Å². The van der Waals surface area contributed by atoms with Crippen LogP contribution in [0.3, 0.4) is 0 Å². The molecule has 0 aliphatic carbocycles. The maximum Gasteiger partial charge on any atom is 0.0303 e. The molecule has 19 heavy (non-hydrogen) atoms. The van der Waals surface area contributed by atoms with Crippen LogP contribution in [0, 0.1) is 5.92 Å². The van der Waals surface area contributed by atoms with Gasteiger partial charge in [0.15, 0.2) is 0 Å². The van der Waals surface area contributed by atoms with E-state index in [0.717, 1.165) is 12.5 Å². The van der Waals surface area contributed by atoms with E-state index in [2.05, 4.69) is 25.7 Å². The lowest BCUT2D eigenvalue weighted by Gasteiger charge is -2.45. The maximum absolute atomic E-state index is 6.12. The first-order valence-corrected chi connectivity index (χ1v) is 8.61. The normalized spacial score (nSPS) is 24.3. The van der Waals surface area contributed by atoms with E-state index in [0.29, 0.717) is 0 Å². The van der Waals surface area contributed by atoms with Crippen LogP contribution in [0.2, 0.25) is 0 Å². The number of hydrogen-bond acceptors (Lipinski definition) is 2. The molecule has 0 bridgehead atoms. The molecule has 0 radical (unpaired) electrons. The maximum atomic E-state index is 6.12. The van der Waals surface area contributed by atoms with Crippen molar-refractivity contribution in [3.63, 3.8) is 0 Å². The van der Waals surface area contributed by atoms with Crippen molar-refractivity contribution in [1.82, 2.24) is 4.90 Å². The zero-order valence-corrected chi connectivity index (χ0v) is 13.6. The van der Waals surface area contributed by atoms with Crippen LogP contribution in [-0.2, 0) is 0 Å². The molecule has 1 saturated heterocycles. The van der Waals surface area contributed by atoms with Gasteiger partial charge in [0, 0.05) is 18.6 Å². The van der Waals surface area contributed by atoms with Crippen molar-refractivity contribution in [1.29, 1.82) is 0 Å². The number of rotatable bonds is 9. The minimum absolute atomic E-state index is 0.250. The van der Waals surface area contributed by atoms with Crippen LogP contribution in [-0.4, -0.2) is 30.1 Å². The third-order valence-electron chi connectivity index (χ3n) is 5.12. The Balaban J connectivity index is 2.39. The van der Waals surface area contributed by atoms with Crippen molar-refractivity contribution in [3.8, 4) is 0 Å². The molecule has 0 aromatic carbocycles.